The van der Waals surface area contributed by atoms with E-state index in [1.165, 1.54) is 25.7 Å². The molecule has 0 atom stereocenters. The topological polar surface area (TPSA) is 20.3 Å². The molecule has 0 aliphatic heterocycles. The molecule has 0 bridgehead atoms. The van der Waals surface area contributed by atoms with E-state index >= 15 is 0 Å². The van der Waals surface area contributed by atoms with Crippen LogP contribution in [0.25, 0.3) is 0 Å². The molecule has 1 aliphatic carbocycles. The van der Waals surface area contributed by atoms with E-state index in [-0.39, 0.29) is 5.91 Å². The number of hydrogen-bond acceptors (Lipinski definition) is 1. The van der Waals surface area contributed by atoms with Crippen molar-refractivity contribution in [2.75, 3.05) is 7.05 Å². The summed E-state index contributed by atoms with van der Waals surface area (Å²) in [6.07, 6.45) is 5.74. The third-order valence-corrected chi connectivity index (χ3v) is 3.95. The van der Waals surface area contributed by atoms with Crippen molar-refractivity contribution in [2.45, 2.75) is 38.6 Å². The summed E-state index contributed by atoms with van der Waals surface area (Å²) in [6.45, 7) is 0.669. The van der Waals surface area contributed by atoms with Crippen LogP contribution in [0.15, 0.2) is 24.3 Å². The highest BCUT2D eigenvalue weighted by Gasteiger charge is 2.20. The van der Waals surface area contributed by atoms with Crippen molar-refractivity contribution in [1.29, 1.82) is 0 Å². The summed E-state index contributed by atoms with van der Waals surface area (Å²) >= 11 is 5.84. The number of carbonyl (C=O) groups is 1. The van der Waals surface area contributed by atoms with Gasteiger partial charge in [-0.3, -0.25) is 4.79 Å². The van der Waals surface area contributed by atoms with Gasteiger partial charge >= 0.3 is 0 Å². The van der Waals surface area contributed by atoms with E-state index in [1.54, 1.807) is 0 Å². The minimum Gasteiger partial charge on any atom is -0.341 e. The number of amides is 1. The van der Waals surface area contributed by atoms with Gasteiger partial charge in [0.1, 0.15) is 0 Å². The molecule has 0 aromatic heterocycles. The fraction of sp³-hybridized carbons (Fsp3) is 0.533. The lowest BCUT2D eigenvalue weighted by Gasteiger charge is -2.19. The number of rotatable bonds is 4. The van der Waals surface area contributed by atoms with Gasteiger partial charge in [-0.25, -0.2) is 0 Å². The lowest BCUT2D eigenvalue weighted by atomic mass is 10.0. The van der Waals surface area contributed by atoms with Crippen LogP contribution >= 0.6 is 11.6 Å². The van der Waals surface area contributed by atoms with Crippen molar-refractivity contribution in [3.63, 3.8) is 0 Å². The summed E-state index contributed by atoms with van der Waals surface area (Å²) in [5.41, 5.74) is 1.13. The second kappa shape index (κ2) is 6.24. The molecule has 1 amide bonds. The van der Waals surface area contributed by atoms with E-state index in [2.05, 4.69) is 0 Å². The van der Waals surface area contributed by atoms with E-state index in [4.69, 9.17) is 11.6 Å². The number of benzene rings is 1. The molecule has 1 aromatic carbocycles. The Bertz CT molecular complexity index is 395. The number of halogens is 1. The van der Waals surface area contributed by atoms with E-state index in [0.29, 0.717) is 18.9 Å². The summed E-state index contributed by atoms with van der Waals surface area (Å²) in [6, 6.07) is 7.68. The average Bonchev–Trinajstić information content (AvgIpc) is 2.85. The van der Waals surface area contributed by atoms with Gasteiger partial charge in [0.05, 0.1) is 0 Å². The molecule has 0 N–H and O–H groups in total. The van der Waals surface area contributed by atoms with Crippen molar-refractivity contribution < 1.29 is 4.79 Å². The Labute approximate surface area is 114 Å². The first-order chi connectivity index (χ1) is 8.65. The minimum atomic E-state index is 0.261. The molecule has 1 aliphatic rings. The SMILES string of the molecule is CN(Cc1ccc(Cl)cc1)C(=O)CC1CCCC1. The summed E-state index contributed by atoms with van der Waals surface area (Å²) in [5, 5.41) is 0.735. The molecular formula is C15H20ClNO. The van der Waals surface area contributed by atoms with E-state index < -0.39 is 0 Å². The molecule has 2 rings (SSSR count). The van der Waals surface area contributed by atoms with Crippen LogP contribution in [-0.4, -0.2) is 17.9 Å². The number of hydrogen-bond donors (Lipinski definition) is 0. The molecule has 2 nitrogen and oxygen atoms in total. The van der Waals surface area contributed by atoms with Crippen LogP contribution in [-0.2, 0) is 11.3 Å². The zero-order valence-corrected chi connectivity index (χ0v) is 11.6. The quantitative estimate of drug-likeness (QED) is 0.809. The Morgan fingerprint density at radius 3 is 2.50 bits per heavy atom. The maximum atomic E-state index is 12.1. The monoisotopic (exact) mass is 265 g/mol. The maximum absolute atomic E-state index is 12.1. The van der Waals surface area contributed by atoms with Crippen LogP contribution in [0.4, 0.5) is 0 Å². The Kier molecular flexibility index (Phi) is 4.65. The first-order valence-corrected chi connectivity index (χ1v) is 7.01. The Balaban J connectivity index is 1.84. The summed E-state index contributed by atoms with van der Waals surface area (Å²) < 4.78 is 0. The largest absolute Gasteiger partial charge is 0.341 e. The average molecular weight is 266 g/mol. The summed E-state index contributed by atoms with van der Waals surface area (Å²) in [4.78, 5) is 13.9. The summed E-state index contributed by atoms with van der Waals surface area (Å²) in [5.74, 6) is 0.877. The highest BCUT2D eigenvalue weighted by Crippen LogP contribution is 2.28. The standard InChI is InChI=1S/C15H20ClNO/c1-17(11-13-6-8-14(16)9-7-13)15(18)10-12-4-2-3-5-12/h6-9,12H,2-5,10-11H2,1H3. The Morgan fingerprint density at radius 1 is 1.28 bits per heavy atom. The van der Waals surface area contributed by atoms with Gasteiger partial charge in [0.2, 0.25) is 5.91 Å². The van der Waals surface area contributed by atoms with Crippen molar-refractivity contribution in [3.05, 3.63) is 34.9 Å². The molecule has 3 heteroatoms. The first-order valence-electron chi connectivity index (χ1n) is 6.63. The second-order valence-corrected chi connectivity index (χ2v) is 5.67. The number of nitrogens with zero attached hydrogens (tertiary/aromatic N) is 1. The van der Waals surface area contributed by atoms with E-state index in [9.17, 15) is 4.79 Å². The van der Waals surface area contributed by atoms with Gasteiger partial charge in [-0.2, -0.15) is 0 Å². The highest BCUT2D eigenvalue weighted by atomic mass is 35.5. The predicted molar refractivity (Wildman–Crippen MR) is 74.5 cm³/mol. The van der Waals surface area contributed by atoms with Gasteiger partial charge in [0.15, 0.2) is 0 Å². The summed E-state index contributed by atoms with van der Waals surface area (Å²) in [7, 11) is 1.88. The molecule has 0 radical (unpaired) electrons. The van der Waals surface area contributed by atoms with Gasteiger partial charge in [-0.15, -0.1) is 0 Å². The van der Waals surface area contributed by atoms with Crippen LogP contribution in [0.3, 0.4) is 0 Å². The number of carbonyl (C=O) groups excluding carboxylic acids is 1. The van der Waals surface area contributed by atoms with Crippen LogP contribution in [0.2, 0.25) is 5.02 Å². The molecule has 1 fully saturated rings. The van der Waals surface area contributed by atoms with Gasteiger partial charge in [0, 0.05) is 25.0 Å². The molecule has 18 heavy (non-hydrogen) atoms. The van der Waals surface area contributed by atoms with Crippen LogP contribution in [0.1, 0.15) is 37.7 Å². The van der Waals surface area contributed by atoms with Gasteiger partial charge in [-0.1, -0.05) is 36.6 Å². The van der Waals surface area contributed by atoms with Crippen molar-refractivity contribution in [1.82, 2.24) is 4.90 Å². The lowest BCUT2D eigenvalue weighted by molar-refractivity contribution is -0.131. The van der Waals surface area contributed by atoms with E-state index in [0.717, 1.165) is 10.6 Å². The van der Waals surface area contributed by atoms with Gasteiger partial charge in [-0.05, 0) is 36.5 Å². The smallest absolute Gasteiger partial charge is 0.222 e. The van der Waals surface area contributed by atoms with Crippen LogP contribution in [0.5, 0.6) is 0 Å². The minimum absolute atomic E-state index is 0.261. The molecule has 1 aromatic rings. The van der Waals surface area contributed by atoms with Gasteiger partial charge < -0.3 is 4.90 Å². The van der Waals surface area contributed by atoms with Crippen LogP contribution < -0.4 is 0 Å². The van der Waals surface area contributed by atoms with Gasteiger partial charge in [0.25, 0.3) is 0 Å². The maximum Gasteiger partial charge on any atom is 0.222 e. The van der Waals surface area contributed by atoms with Crippen molar-refractivity contribution >= 4 is 17.5 Å². The lowest BCUT2D eigenvalue weighted by Crippen LogP contribution is -2.27. The highest BCUT2D eigenvalue weighted by molar-refractivity contribution is 6.30. The van der Waals surface area contributed by atoms with Crippen molar-refractivity contribution in [3.8, 4) is 0 Å². The second-order valence-electron chi connectivity index (χ2n) is 5.23. The zero-order valence-electron chi connectivity index (χ0n) is 10.9. The molecule has 98 valence electrons. The molecule has 0 saturated heterocycles. The third kappa shape index (κ3) is 3.74. The Hall–Kier alpha value is -1.02. The first kappa shape index (κ1) is 13.4. The molecule has 0 heterocycles. The van der Waals surface area contributed by atoms with Crippen LogP contribution in [0, 0.1) is 5.92 Å². The fourth-order valence-corrected chi connectivity index (χ4v) is 2.70. The molecular weight excluding hydrogens is 246 g/mol. The zero-order chi connectivity index (χ0) is 13.0. The fourth-order valence-electron chi connectivity index (χ4n) is 2.57. The normalized spacial score (nSPS) is 15.9. The Morgan fingerprint density at radius 2 is 1.89 bits per heavy atom. The predicted octanol–water partition coefficient (Wildman–Crippen LogP) is 3.88. The van der Waals surface area contributed by atoms with E-state index in [1.807, 2.05) is 36.2 Å². The molecule has 0 spiro atoms. The van der Waals surface area contributed by atoms with Crippen molar-refractivity contribution in [2.24, 2.45) is 5.92 Å². The molecule has 0 unspecified atom stereocenters. The third-order valence-electron chi connectivity index (χ3n) is 3.70. The molecule has 1 saturated carbocycles.